The normalized spacial score (nSPS) is 9.65. The highest BCUT2D eigenvalue weighted by atomic mass is 32.1. The molecule has 1 amide bonds. The molecule has 2 rings (SSSR count). The molecule has 0 unspecified atom stereocenters. The van der Waals surface area contributed by atoms with E-state index in [9.17, 15) is 4.79 Å². The minimum absolute atomic E-state index is 0.180. The molecular weight excluding hydrogens is 274 g/mol. The molecule has 2 aromatic rings. The van der Waals surface area contributed by atoms with Gasteiger partial charge in [-0.2, -0.15) is 4.98 Å². The molecule has 5 nitrogen and oxygen atoms in total. The largest absolute Gasteiger partial charge is 0.481 e. The van der Waals surface area contributed by atoms with E-state index >= 15 is 0 Å². The van der Waals surface area contributed by atoms with Crippen LogP contribution in [0.2, 0.25) is 0 Å². The first-order valence-electron chi connectivity index (χ1n) is 5.87. The molecule has 0 bridgehead atoms. The van der Waals surface area contributed by atoms with Gasteiger partial charge in [-0.25, -0.2) is 0 Å². The fourth-order valence-electron chi connectivity index (χ4n) is 1.51. The van der Waals surface area contributed by atoms with Crippen LogP contribution in [-0.2, 0) is 0 Å². The summed E-state index contributed by atoms with van der Waals surface area (Å²) in [7, 11) is 1.53. The summed E-state index contributed by atoms with van der Waals surface area (Å²) >= 11 is 5.07. The maximum Gasteiger partial charge on any atom is 0.257 e. The third-order valence-electron chi connectivity index (χ3n) is 2.44. The van der Waals surface area contributed by atoms with Crippen LogP contribution >= 0.6 is 12.2 Å². The second-order valence-corrected chi connectivity index (χ2v) is 4.25. The Morgan fingerprint density at radius 2 is 1.90 bits per heavy atom. The Labute approximate surface area is 122 Å². The summed E-state index contributed by atoms with van der Waals surface area (Å²) in [4.78, 5) is 16.0. The van der Waals surface area contributed by atoms with Crippen LogP contribution in [-0.4, -0.2) is 23.1 Å². The summed E-state index contributed by atoms with van der Waals surface area (Å²) in [6.45, 7) is 0. The fraction of sp³-hybridized carbons (Fsp3) is 0.0714. The number of nitrogens with zero attached hydrogens (tertiary/aromatic N) is 1. The summed E-state index contributed by atoms with van der Waals surface area (Å²) in [5.41, 5.74) is 0.537. The van der Waals surface area contributed by atoms with Gasteiger partial charge in [0.1, 0.15) is 5.82 Å². The standard InChI is InChI=1S/C14H13N3O2S/c1-19-12-9-5-8-11(15-12)16-14(20)17-13(18)10-6-3-2-4-7-10/h2-9H,1H3,(H2,15,16,17,18,20). The zero-order valence-corrected chi connectivity index (χ0v) is 11.6. The second-order valence-electron chi connectivity index (χ2n) is 3.84. The van der Waals surface area contributed by atoms with Crippen LogP contribution in [0, 0.1) is 0 Å². The molecule has 0 saturated carbocycles. The van der Waals surface area contributed by atoms with Gasteiger partial charge in [0.15, 0.2) is 5.11 Å². The first kappa shape index (κ1) is 14.0. The molecule has 6 heteroatoms. The van der Waals surface area contributed by atoms with Crippen molar-refractivity contribution in [1.29, 1.82) is 0 Å². The van der Waals surface area contributed by atoms with Crippen molar-refractivity contribution < 1.29 is 9.53 Å². The Morgan fingerprint density at radius 3 is 2.60 bits per heavy atom. The van der Waals surface area contributed by atoms with Gasteiger partial charge in [0, 0.05) is 11.6 Å². The first-order chi connectivity index (χ1) is 9.69. The quantitative estimate of drug-likeness (QED) is 0.848. The Kier molecular flexibility index (Phi) is 4.62. The molecule has 0 aliphatic carbocycles. The number of hydrogen-bond donors (Lipinski definition) is 2. The lowest BCUT2D eigenvalue weighted by Gasteiger charge is -2.09. The Morgan fingerprint density at radius 1 is 1.15 bits per heavy atom. The smallest absolute Gasteiger partial charge is 0.257 e. The molecular formula is C14H13N3O2S. The van der Waals surface area contributed by atoms with Crippen LogP contribution in [0.1, 0.15) is 10.4 Å². The van der Waals surface area contributed by atoms with Crippen molar-refractivity contribution >= 4 is 29.1 Å². The molecule has 1 aromatic heterocycles. The van der Waals surface area contributed by atoms with Crippen LogP contribution in [0.5, 0.6) is 5.88 Å². The Hall–Kier alpha value is -2.47. The zero-order valence-electron chi connectivity index (χ0n) is 10.8. The van der Waals surface area contributed by atoms with Gasteiger partial charge in [-0.1, -0.05) is 24.3 Å². The SMILES string of the molecule is COc1cccc(NC(=S)NC(=O)c2ccccc2)n1. The number of hydrogen-bond acceptors (Lipinski definition) is 4. The lowest BCUT2D eigenvalue weighted by atomic mass is 10.2. The number of pyridine rings is 1. The van der Waals surface area contributed by atoms with Gasteiger partial charge in [-0.05, 0) is 30.4 Å². The van der Waals surface area contributed by atoms with Gasteiger partial charge >= 0.3 is 0 Å². The van der Waals surface area contributed by atoms with Crippen molar-refractivity contribution in [2.45, 2.75) is 0 Å². The topological polar surface area (TPSA) is 63.2 Å². The van der Waals surface area contributed by atoms with Crippen molar-refractivity contribution in [1.82, 2.24) is 10.3 Å². The van der Waals surface area contributed by atoms with Crippen molar-refractivity contribution in [3.8, 4) is 5.88 Å². The van der Waals surface area contributed by atoms with E-state index in [2.05, 4.69) is 15.6 Å². The molecule has 0 atom stereocenters. The van der Waals surface area contributed by atoms with Crippen molar-refractivity contribution in [2.75, 3.05) is 12.4 Å². The monoisotopic (exact) mass is 287 g/mol. The molecule has 2 N–H and O–H groups in total. The van der Waals surface area contributed by atoms with Crippen molar-refractivity contribution in [3.63, 3.8) is 0 Å². The van der Waals surface area contributed by atoms with E-state index in [-0.39, 0.29) is 11.0 Å². The van der Waals surface area contributed by atoms with E-state index in [0.29, 0.717) is 17.3 Å². The van der Waals surface area contributed by atoms with E-state index in [1.807, 2.05) is 6.07 Å². The highest BCUT2D eigenvalue weighted by molar-refractivity contribution is 7.80. The molecule has 20 heavy (non-hydrogen) atoms. The number of anilines is 1. The van der Waals surface area contributed by atoms with Crippen LogP contribution in [0.3, 0.4) is 0 Å². The van der Waals surface area contributed by atoms with E-state index < -0.39 is 0 Å². The van der Waals surface area contributed by atoms with Crippen molar-refractivity contribution in [2.24, 2.45) is 0 Å². The van der Waals surface area contributed by atoms with Gasteiger partial charge < -0.3 is 10.1 Å². The summed E-state index contributed by atoms with van der Waals surface area (Å²) in [6.07, 6.45) is 0. The fourth-order valence-corrected chi connectivity index (χ4v) is 1.71. The maximum atomic E-state index is 11.9. The van der Waals surface area contributed by atoms with Gasteiger partial charge in [0.2, 0.25) is 5.88 Å². The van der Waals surface area contributed by atoms with Crippen LogP contribution in [0.4, 0.5) is 5.82 Å². The molecule has 0 aliphatic heterocycles. The Bertz CT molecular complexity index is 617. The molecule has 1 heterocycles. The molecule has 0 radical (unpaired) electrons. The highest BCUT2D eigenvalue weighted by Gasteiger charge is 2.07. The third-order valence-corrected chi connectivity index (χ3v) is 2.64. The minimum atomic E-state index is -0.272. The number of amides is 1. The maximum absolute atomic E-state index is 11.9. The molecule has 0 saturated heterocycles. The molecule has 102 valence electrons. The van der Waals surface area contributed by atoms with Crippen LogP contribution in [0.15, 0.2) is 48.5 Å². The van der Waals surface area contributed by atoms with E-state index in [1.54, 1.807) is 42.5 Å². The average Bonchev–Trinajstić information content (AvgIpc) is 2.48. The summed E-state index contributed by atoms with van der Waals surface area (Å²) in [6, 6.07) is 14.1. The number of aromatic nitrogens is 1. The number of carbonyl (C=O) groups excluding carboxylic acids is 1. The third kappa shape index (κ3) is 3.76. The highest BCUT2D eigenvalue weighted by Crippen LogP contribution is 2.10. The number of thiocarbonyl (C=S) groups is 1. The first-order valence-corrected chi connectivity index (χ1v) is 6.28. The van der Waals surface area contributed by atoms with Gasteiger partial charge in [-0.15, -0.1) is 0 Å². The molecule has 0 aliphatic rings. The van der Waals surface area contributed by atoms with Gasteiger partial charge in [0.25, 0.3) is 5.91 Å². The lowest BCUT2D eigenvalue weighted by Crippen LogP contribution is -2.34. The summed E-state index contributed by atoms with van der Waals surface area (Å²) < 4.78 is 5.01. The van der Waals surface area contributed by atoms with E-state index in [4.69, 9.17) is 17.0 Å². The van der Waals surface area contributed by atoms with Crippen LogP contribution in [0.25, 0.3) is 0 Å². The number of rotatable bonds is 3. The molecule has 0 spiro atoms. The Balaban J connectivity index is 1.97. The van der Waals surface area contributed by atoms with Gasteiger partial charge in [-0.3, -0.25) is 10.1 Å². The molecule has 0 fully saturated rings. The summed E-state index contributed by atoms with van der Waals surface area (Å²) in [5, 5.41) is 5.59. The lowest BCUT2D eigenvalue weighted by molar-refractivity contribution is 0.0978. The predicted octanol–water partition coefficient (Wildman–Crippen LogP) is 2.22. The number of benzene rings is 1. The van der Waals surface area contributed by atoms with E-state index in [1.165, 1.54) is 7.11 Å². The van der Waals surface area contributed by atoms with Crippen LogP contribution < -0.4 is 15.4 Å². The summed E-state index contributed by atoms with van der Waals surface area (Å²) in [5.74, 6) is 0.695. The van der Waals surface area contributed by atoms with Crippen molar-refractivity contribution in [3.05, 3.63) is 54.1 Å². The average molecular weight is 287 g/mol. The number of ether oxygens (including phenoxy) is 1. The predicted molar refractivity (Wildman–Crippen MR) is 80.9 cm³/mol. The number of methoxy groups -OCH3 is 1. The zero-order chi connectivity index (χ0) is 14.4. The number of nitrogens with one attached hydrogen (secondary N) is 2. The minimum Gasteiger partial charge on any atom is -0.481 e. The van der Waals surface area contributed by atoms with Gasteiger partial charge in [0.05, 0.1) is 7.11 Å². The molecule has 1 aromatic carbocycles. The van der Waals surface area contributed by atoms with E-state index in [0.717, 1.165) is 0 Å². The number of carbonyl (C=O) groups is 1. The second kappa shape index (κ2) is 6.63.